The Hall–Kier alpha value is -4.74. The Balaban J connectivity index is 0.00000292. The number of ether oxygens (including phenoxy) is 1. The van der Waals surface area contributed by atoms with Crippen LogP contribution in [-0.4, -0.2) is 62.6 Å². The van der Waals surface area contributed by atoms with Gasteiger partial charge in [0.1, 0.15) is 24.2 Å². The number of hydrogen-bond acceptors (Lipinski definition) is 7. The molecule has 11 nitrogen and oxygen atoms in total. The van der Waals surface area contributed by atoms with E-state index in [4.69, 9.17) is 15.5 Å². The van der Waals surface area contributed by atoms with Crippen LogP contribution in [0.4, 0.5) is 5.69 Å². The molecular formula is C38H46Cl2N6O5. The lowest BCUT2D eigenvalue weighted by molar-refractivity contribution is -0.122. The molecule has 0 spiro atoms. The van der Waals surface area contributed by atoms with Gasteiger partial charge in [-0.2, -0.15) is 0 Å². The third-order valence-electron chi connectivity index (χ3n) is 9.48. The van der Waals surface area contributed by atoms with Crippen LogP contribution in [-0.2, 0) is 17.9 Å². The molecule has 1 aliphatic heterocycles. The average Bonchev–Trinajstić information content (AvgIpc) is 3.43. The molecule has 51 heavy (non-hydrogen) atoms. The van der Waals surface area contributed by atoms with Crippen molar-refractivity contribution in [2.75, 3.05) is 18.0 Å². The van der Waals surface area contributed by atoms with Gasteiger partial charge in [-0.3, -0.25) is 9.59 Å². The summed E-state index contributed by atoms with van der Waals surface area (Å²) in [5, 5.41) is 12.6. The van der Waals surface area contributed by atoms with E-state index in [1.54, 1.807) is 4.90 Å². The number of likely N-dealkylation sites (tertiary alicyclic amines) is 1. The molecule has 1 saturated heterocycles. The molecule has 6 rings (SSSR count). The number of aryl methyl sites for hydroxylation is 1. The average molecular weight is 738 g/mol. The van der Waals surface area contributed by atoms with Gasteiger partial charge in [0.05, 0.1) is 29.0 Å². The largest absolute Gasteiger partial charge is 0.490 e. The molecule has 0 unspecified atom stereocenters. The molecule has 0 atom stereocenters. The molecule has 1 saturated carbocycles. The first-order valence-electron chi connectivity index (χ1n) is 17.0. The predicted molar refractivity (Wildman–Crippen MR) is 203 cm³/mol. The van der Waals surface area contributed by atoms with E-state index in [9.17, 15) is 19.5 Å². The SMILES string of the molecule is C=C(N)N1CCC(Oc2ccc(N(Cc3nc4cc(C)ccc4n3CC(=O)NC3CCCCC3)C(=O)c3ccc(C(=O)O)cc3)cc2)CC1.Cl.Cl. The smallest absolute Gasteiger partial charge is 0.335 e. The third kappa shape index (κ3) is 9.53. The van der Waals surface area contributed by atoms with Crippen molar-refractivity contribution in [2.45, 2.75) is 77.1 Å². The second kappa shape index (κ2) is 17.5. The van der Waals surface area contributed by atoms with Crippen molar-refractivity contribution in [3.8, 4) is 5.75 Å². The second-order valence-corrected chi connectivity index (χ2v) is 13.1. The Morgan fingerprint density at radius 1 is 0.941 bits per heavy atom. The highest BCUT2D eigenvalue weighted by molar-refractivity contribution is 6.06. The number of benzene rings is 3. The fourth-order valence-electron chi connectivity index (χ4n) is 6.74. The topological polar surface area (TPSA) is 143 Å². The van der Waals surface area contributed by atoms with Gasteiger partial charge in [-0.1, -0.05) is 31.9 Å². The van der Waals surface area contributed by atoms with Crippen LogP contribution in [0.25, 0.3) is 11.0 Å². The standard InChI is InChI=1S/C38H44N6O5.2ClH/c1-25-8-17-34-33(22-25)41-35(44(34)24-36(45)40-29-6-4-3-5-7-29)23-43(37(46)27-9-11-28(12-10-27)38(47)48)30-13-15-31(16-14-30)49-32-18-20-42(21-19-32)26(2)39;;/h8-17,22,29,32H,2-7,18-21,23-24,39H2,1H3,(H,40,45)(H,47,48);2*1H. The number of nitrogens with zero attached hydrogens (tertiary/aromatic N) is 4. The minimum atomic E-state index is -1.07. The summed E-state index contributed by atoms with van der Waals surface area (Å²) in [6.45, 7) is 7.53. The molecule has 2 amide bonds. The lowest BCUT2D eigenvalue weighted by Crippen LogP contribution is -2.39. The number of anilines is 1. The van der Waals surface area contributed by atoms with Gasteiger partial charge in [-0.25, -0.2) is 9.78 Å². The summed E-state index contributed by atoms with van der Waals surface area (Å²) >= 11 is 0. The van der Waals surface area contributed by atoms with E-state index >= 15 is 0 Å². The van der Waals surface area contributed by atoms with E-state index in [2.05, 4.69) is 11.9 Å². The summed E-state index contributed by atoms with van der Waals surface area (Å²) in [6, 6.07) is 19.3. The minimum absolute atomic E-state index is 0. The van der Waals surface area contributed by atoms with Gasteiger partial charge in [0.15, 0.2) is 0 Å². The number of rotatable bonds is 11. The number of carboxylic acids is 1. The van der Waals surface area contributed by atoms with Gasteiger partial charge in [-0.05, 0) is 86.0 Å². The van der Waals surface area contributed by atoms with Gasteiger partial charge in [-0.15, -0.1) is 24.8 Å². The summed E-state index contributed by atoms with van der Waals surface area (Å²) in [5.74, 6) is 0.330. The molecule has 2 aliphatic rings. The summed E-state index contributed by atoms with van der Waals surface area (Å²) in [7, 11) is 0. The lowest BCUT2D eigenvalue weighted by atomic mass is 9.95. The Kier molecular flexibility index (Phi) is 13.4. The van der Waals surface area contributed by atoms with Crippen LogP contribution in [0.2, 0.25) is 0 Å². The van der Waals surface area contributed by atoms with Crippen LogP contribution in [0, 0.1) is 6.92 Å². The molecule has 2 fully saturated rings. The van der Waals surface area contributed by atoms with E-state index in [1.165, 1.54) is 30.7 Å². The number of carbonyl (C=O) groups excluding carboxylic acids is 2. The lowest BCUT2D eigenvalue weighted by Gasteiger charge is -2.33. The highest BCUT2D eigenvalue weighted by atomic mass is 35.5. The van der Waals surface area contributed by atoms with Crippen LogP contribution in [0.1, 0.15) is 77.0 Å². The minimum Gasteiger partial charge on any atom is -0.490 e. The Morgan fingerprint density at radius 3 is 2.22 bits per heavy atom. The summed E-state index contributed by atoms with van der Waals surface area (Å²) in [6.07, 6.45) is 7.06. The molecule has 0 bridgehead atoms. The Bertz CT molecular complexity index is 1830. The first-order chi connectivity index (χ1) is 23.6. The molecule has 272 valence electrons. The molecule has 4 aromatic rings. The van der Waals surface area contributed by atoms with Crippen LogP contribution in [0.5, 0.6) is 5.75 Å². The van der Waals surface area contributed by atoms with E-state index in [-0.39, 0.29) is 67.4 Å². The van der Waals surface area contributed by atoms with Crippen molar-refractivity contribution in [2.24, 2.45) is 5.73 Å². The number of piperidine rings is 1. The van der Waals surface area contributed by atoms with E-state index in [0.29, 0.717) is 28.6 Å². The summed E-state index contributed by atoms with van der Waals surface area (Å²) < 4.78 is 8.17. The number of nitrogens with one attached hydrogen (secondary N) is 1. The van der Waals surface area contributed by atoms with E-state index in [0.717, 1.165) is 68.2 Å². The highest BCUT2D eigenvalue weighted by Gasteiger charge is 2.25. The fourth-order valence-corrected chi connectivity index (χ4v) is 6.74. The van der Waals surface area contributed by atoms with Gasteiger partial charge >= 0.3 is 5.97 Å². The number of halogens is 2. The maximum atomic E-state index is 14.2. The fraction of sp³-hybridized carbons (Fsp3) is 0.368. The maximum absolute atomic E-state index is 14.2. The molecule has 2 heterocycles. The van der Waals surface area contributed by atoms with Crippen LogP contribution < -0.4 is 20.7 Å². The number of aromatic carboxylic acids is 1. The first-order valence-corrected chi connectivity index (χ1v) is 17.0. The van der Waals surface area contributed by atoms with Crippen molar-refractivity contribution in [3.63, 3.8) is 0 Å². The van der Waals surface area contributed by atoms with Crippen molar-refractivity contribution in [1.29, 1.82) is 0 Å². The van der Waals surface area contributed by atoms with Gasteiger partial charge in [0, 0.05) is 43.2 Å². The molecule has 1 aromatic heterocycles. The van der Waals surface area contributed by atoms with Crippen molar-refractivity contribution in [1.82, 2.24) is 19.8 Å². The van der Waals surface area contributed by atoms with Crippen molar-refractivity contribution in [3.05, 3.63) is 102 Å². The monoisotopic (exact) mass is 736 g/mol. The van der Waals surface area contributed by atoms with Gasteiger partial charge in [0.2, 0.25) is 5.91 Å². The predicted octanol–water partition coefficient (Wildman–Crippen LogP) is 6.46. The van der Waals surface area contributed by atoms with Gasteiger partial charge < -0.3 is 35.3 Å². The second-order valence-electron chi connectivity index (χ2n) is 13.1. The van der Waals surface area contributed by atoms with Crippen LogP contribution in [0.15, 0.2) is 79.1 Å². The Morgan fingerprint density at radius 2 is 1.59 bits per heavy atom. The molecule has 4 N–H and O–H groups in total. The number of fused-ring (bicyclic) bond motifs is 1. The number of carboxylic acid groups (broad SMARTS) is 1. The number of aromatic nitrogens is 2. The van der Waals surface area contributed by atoms with Gasteiger partial charge in [0.25, 0.3) is 5.91 Å². The molecule has 13 heteroatoms. The Labute approximate surface area is 310 Å². The molecular weight excluding hydrogens is 691 g/mol. The number of carbonyl (C=O) groups is 3. The summed E-state index contributed by atoms with van der Waals surface area (Å²) in [5.41, 5.74) is 9.47. The van der Waals surface area contributed by atoms with Crippen molar-refractivity contribution < 1.29 is 24.2 Å². The zero-order valence-electron chi connectivity index (χ0n) is 28.8. The molecule has 0 radical (unpaired) electrons. The quantitative estimate of drug-likeness (QED) is 0.159. The van der Waals surface area contributed by atoms with Crippen molar-refractivity contribution >= 4 is 59.3 Å². The van der Waals surface area contributed by atoms with Crippen LogP contribution in [0.3, 0.4) is 0 Å². The first kappa shape index (κ1) is 39.1. The maximum Gasteiger partial charge on any atom is 0.335 e. The molecule has 3 aromatic carbocycles. The zero-order chi connectivity index (χ0) is 34.5. The number of amides is 2. The zero-order valence-corrected chi connectivity index (χ0v) is 30.4. The highest BCUT2D eigenvalue weighted by Crippen LogP contribution is 2.28. The third-order valence-corrected chi connectivity index (χ3v) is 9.48. The number of hydrogen-bond donors (Lipinski definition) is 3. The summed E-state index contributed by atoms with van der Waals surface area (Å²) in [4.78, 5) is 47.7. The number of imidazole rings is 1. The normalized spacial score (nSPS) is 15.0. The van der Waals surface area contributed by atoms with E-state index < -0.39 is 5.97 Å². The van der Waals surface area contributed by atoms with E-state index in [1.807, 2.05) is 58.9 Å². The van der Waals surface area contributed by atoms with Crippen LogP contribution >= 0.6 is 24.8 Å². The number of nitrogens with two attached hydrogens (primary N) is 1. The molecule has 1 aliphatic carbocycles.